The molecule has 0 saturated heterocycles. The van der Waals surface area contributed by atoms with Crippen LogP contribution in [0.2, 0.25) is 0 Å². The van der Waals surface area contributed by atoms with Crippen LogP contribution in [0.25, 0.3) is 0 Å². The van der Waals surface area contributed by atoms with Crippen molar-refractivity contribution in [2.75, 3.05) is 25.3 Å². The minimum Gasteiger partial charge on any atom is -0.497 e. The van der Waals surface area contributed by atoms with Gasteiger partial charge in [0.2, 0.25) is 11.1 Å². The minimum absolute atomic E-state index is 0.164. The summed E-state index contributed by atoms with van der Waals surface area (Å²) in [6, 6.07) is 9.28. The quantitative estimate of drug-likeness (QED) is 0.574. The van der Waals surface area contributed by atoms with Crippen molar-refractivity contribution in [3.8, 4) is 11.5 Å². The van der Waals surface area contributed by atoms with Gasteiger partial charge in [0.25, 0.3) is 0 Å². The van der Waals surface area contributed by atoms with Gasteiger partial charge in [0.1, 0.15) is 17.3 Å². The van der Waals surface area contributed by atoms with E-state index in [1.54, 1.807) is 43.8 Å². The third-order valence-corrected chi connectivity index (χ3v) is 5.17. The van der Waals surface area contributed by atoms with E-state index >= 15 is 0 Å². The molecule has 0 unspecified atom stereocenters. The van der Waals surface area contributed by atoms with E-state index in [2.05, 4.69) is 26.6 Å². The summed E-state index contributed by atoms with van der Waals surface area (Å²) in [4.78, 5) is 17.8. The van der Waals surface area contributed by atoms with Crippen molar-refractivity contribution < 1.29 is 14.3 Å². The van der Waals surface area contributed by atoms with Gasteiger partial charge in [-0.3, -0.25) is 9.89 Å². The molecule has 136 valence electrons. The van der Waals surface area contributed by atoms with E-state index < -0.39 is 0 Å². The molecule has 0 bridgehead atoms. The van der Waals surface area contributed by atoms with Crippen LogP contribution in [0.3, 0.4) is 0 Å². The molecule has 1 aromatic carbocycles. The van der Waals surface area contributed by atoms with Crippen LogP contribution in [0.4, 0.5) is 5.69 Å². The van der Waals surface area contributed by atoms with Gasteiger partial charge in [-0.2, -0.15) is 0 Å². The van der Waals surface area contributed by atoms with Crippen LogP contribution in [0.5, 0.6) is 11.5 Å². The number of thioether (sulfide) groups is 1. The Balaban J connectivity index is 1.54. The van der Waals surface area contributed by atoms with Crippen LogP contribution in [0.1, 0.15) is 10.7 Å². The van der Waals surface area contributed by atoms with E-state index in [9.17, 15) is 4.79 Å². The second kappa shape index (κ2) is 8.72. The summed E-state index contributed by atoms with van der Waals surface area (Å²) in [5, 5.41) is 12.4. The van der Waals surface area contributed by atoms with Gasteiger partial charge in [-0.25, -0.2) is 4.98 Å². The summed E-state index contributed by atoms with van der Waals surface area (Å²) in [5.74, 6) is 2.02. The molecule has 7 nitrogen and oxygen atoms in total. The fourth-order valence-corrected chi connectivity index (χ4v) is 3.54. The van der Waals surface area contributed by atoms with Crippen LogP contribution < -0.4 is 14.8 Å². The maximum atomic E-state index is 12.2. The molecule has 0 aliphatic heterocycles. The smallest absolute Gasteiger partial charge is 0.234 e. The molecule has 0 saturated carbocycles. The number of hydrogen-bond acceptors (Lipinski definition) is 7. The Bertz CT molecular complexity index is 865. The summed E-state index contributed by atoms with van der Waals surface area (Å²) >= 11 is 2.95. The Morgan fingerprint density at radius 1 is 1.31 bits per heavy atom. The number of H-pyrrole nitrogens is 1. The third-order valence-electron chi connectivity index (χ3n) is 3.45. The molecule has 0 aliphatic carbocycles. The third kappa shape index (κ3) is 4.77. The topological polar surface area (TPSA) is 89.1 Å². The van der Waals surface area contributed by atoms with Gasteiger partial charge in [-0.1, -0.05) is 17.8 Å². The molecule has 3 rings (SSSR count). The average Bonchev–Trinajstić information content (AvgIpc) is 3.33. The number of aromatic nitrogens is 3. The zero-order chi connectivity index (χ0) is 18.4. The number of benzene rings is 1. The highest BCUT2D eigenvalue weighted by Crippen LogP contribution is 2.29. The number of aromatic amines is 1. The average molecular weight is 390 g/mol. The van der Waals surface area contributed by atoms with Crippen molar-refractivity contribution in [3.63, 3.8) is 0 Å². The molecular weight excluding hydrogens is 372 g/mol. The van der Waals surface area contributed by atoms with Crippen LogP contribution in [0.15, 0.2) is 40.9 Å². The molecule has 2 N–H and O–H groups in total. The number of hydrogen-bond donors (Lipinski definition) is 2. The van der Waals surface area contributed by atoms with Crippen molar-refractivity contribution in [2.45, 2.75) is 11.6 Å². The van der Waals surface area contributed by atoms with Crippen LogP contribution in [0, 0.1) is 0 Å². The Morgan fingerprint density at radius 3 is 2.92 bits per heavy atom. The molecule has 1 amide bonds. The van der Waals surface area contributed by atoms with Gasteiger partial charge in [0.15, 0.2) is 0 Å². The van der Waals surface area contributed by atoms with E-state index in [4.69, 9.17) is 9.47 Å². The number of carbonyl (C=O) groups excluding carboxylic acids is 1. The summed E-state index contributed by atoms with van der Waals surface area (Å²) in [5.41, 5.74) is 0.590. The predicted octanol–water partition coefficient (Wildman–Crippen LogP) is 3.21. The number of amides is 1. The van der Waals surface area contributed by atoms with Gasteiger partial charge in [-0.05, 0) is 23.6 Å². The van der Waals surface area contributed by atoms with Crippen molar-refractivity contribution >= 4 is 34.7 Å². The summed E-state index contributed by atoms with van der Waals surface area (Å²) < 4.78 is 10.4. The lowest BCUT2D eigenvalue weighted by atomic mass is 10.2. The summed E-state index contributed by atoms with van der Waals surface area (Å²) in [7, 11) is 3.12. The number of anilines is 1. The Kier molecular flexibility index (Phi) is 6.13. The molecular formula is C17H18N4O3S2. The first kappa shape index (κ1) is 18.3. The highest BCUT2D eigenvalue weighted by atomic mass is 32.2. The molecule has 0 aliphatic rings. The largest absolute Gasteiger partial charge is 0.497 e. The summed E-state index contributed by atoms with van der Waals surface area (Å²) in [6.07, 6.45) is 0.709. The lowest BCUT2D eigenvalue weighted by molar-refractivity contribution is -0.113. The van der Waals surface area contributed by atoms with Gasteiger partial charge >= 0.3 is 0 Å². The van der Waals surface area contributed by atoms with E-state index in [0.29, 0.717) is 28.8 Å². The number of rotatable bonds is 8. The maximum absolute atomic E-state index is 12.2. The zero-order valence-electron chi connectivity index (χ0n) is 14.3. The van der Waals surface area contributed by atoms with Gasteiger partial charge in [-0.15, -0.1) is 16.4 Å². The van der Waals surface area contributed by atoms with Crippen LogP contribution >= 0.6 is 23.1 Å². The van der Waals surface area contributed by atoms with Crippen molar-refractivity contribution in [1.29, 1.82) is 0 Å². The highest BCUT2D eigenvalue weighted by Gasteiger charge is 2.11. The number of nitrogens with one attached hydrogen (secondary N) is 2. The fourth-order valence-electron chi connectivity index (χ4n) is 2.22. The molecule has 3 aromatic rings. The minimum atomic E-state index is -0.164. The SMILES string of the molecule is COc1ccc(NC(=O)CSc2n[nH]c(Cc3cccs3)n2)c(OC)c1. The van der Waals surface area contributed by atoms with Crippen LogP contribution in [-0.4, -0.2) is 41.1 Å². The summed E-state index contributed by atoms with van der Waals surface area (Å²) in [6.45, 7) is 0. The Morgan fingerprint density at radius 2 is 2.19 bits per heavy atom. The Hall–Kier alpha value is -2.52. The first-order valence-electron chi connectivity index (χ1n) is 7.76. The van der Waals surface area contributed by atoms with Crippen molar-refractivity contribution in [3.05, 3.63) is 46.4 Å². The van der Waals surface area contributed by atoms with E-state index in [1.165, 1.54) is 16.6 Å². The second-order valence-corrected chi connectivity index (χ2v) is 7.20. The van der Waals surface area contributed by atoms with E-state index in [0.717, 1.165) is 5.82 Å². The standard InChI is InChI=1S/C17H18N4O3S2/c1-23-11-5-6-13(14(8-11)24-2)18-16(22)10-26-17-19-15(20-21-17)9-12-4-3-7-25-12/h3-8H,9-10H2,1-2H3,(H,18,22)(H,19,20,21). The number of carbonyl (C=O) groups is 1. The normalized spacial score (nSPS) is 10.5. The molecule has 0 spiro atoms. The highest BCUT2D eigenvalue weighted by molar-refractivity contribution is 7.99. The maximum Gasteiger partial charge on any atom is 0.234 e. The number of thiophene rings is 1. The second-order valence-electron chi connectivity index (χ2n) is 5.22. The predicted molar refractivity (Wildman–Crippen MR) is 102 cm³/mol. The molecule has 0 atom stereocenters. The van der Waals surface area contributed by atoms with Gasteiger partial charge < -0.3 is 14.8 Å². The molecule has 9 heteroatoms. The van der Waals surface area contributed by atoms with Gasteiger partial charge in [0, 0.05) is 17.4 Å². The number of ether oxygens (including phenoxy) is 2. The first-order chi connectivity index (χ1) is 12.7. The molecule has 26 heavy (non-hydrogen) atoms. The molecule has 0 fully saturated rings. The number of nitrogens with zero attached hydrogens (tertiary/aromatic N) is 2. The first-order valence-corrected chi connectivity index (χ1v) is 9.63. The monoisotopic (exact) mass is 390 g/mol. The fraction of sp³-hybridized carbons (Fsp3) is 0.235. The van der Waals surface area contributed by atoms with Crippen molar-refractivity contribution in [2.24, 2.45) is 0 Å². The zero-order valence-corrected chi connectivity index (χ0v) is 15.9. The molecule has 0 radical (unpaired) electrons. The lowest BCUT2D eigenvalue weighted by Gasteiger charge is -2.11. The van der Waals surface area contributed by atoms with Crippen LogP contribution in [-0.2, 0) is 11.2 Å². The number of methoxy groups -OCH3 is 2. The lowest BCUT2D eigenvalue weighted by Crippen LogP contribution is -2.14. The molecule has 2 aromatic heterocycles. The Labute approximate surface area is 159 Å². The van der Waals surface area contributed by atoms with E-state index in [-0.39, 0.29) is 11.7 Å². The van der Waals surface area contributed by atoms with Crippen molar-refractivity contribution in [1.82, 2.24) is 15.2 Å². The van der Waals surface area contributed by atoms with E-state index in [1.807, 2.05) is 11.4 Å². The van der Waals surface area contributed by atoms with Gasteiger partial charge in [0.05, 0.1) is 25.7 Å². The molecule has 2 heterocycles.